The van der Waals surface area contributed by atoms with Crippen LogP contribution in [0, 0.1) is 6.92 Å². The second kappa shape index (κ2) is 6.34. The number of hydrogen-bond acceptors (Lipinski definition) is 6. The summed E-state index contributed by atoms with van der Waals surface area (Å²) in [5, 5.41) is 0.955. The van der Waals surface area contributed by atoms with Crippen LogP contribution in [0.5, 0.6) is 0 Å². The Labute approximate surface area is 154 Å². The van der Waals surface area contributed by atoms with E-state index in [9.17, 15) is 4.79 Å². The Morgan fingerprint density at radius 1 is 1.27 bits per heavy atom. The molecule has 7 heteroatoms. The van der Waals surface area contributed by atoms with Crippen LogP contribution < -0.4 is 15.4 Å². The van der Waals surface area contributed by atoms with Crippen LogP contribution in [0.25, 0.3) is 21.6 Å². The zero-order chi connectivity index (χ0) is 18.4. The van der Waals surface area contributed by atoms with Crippen LogP contribution in [0.1, 0.15) is 12.0 Å². The van der Waals surface area contributed by atoms with Gasteiger partial charge in [-0.3, -0.25) is 9.36 Å². The summed E-state index contributed by atoms with van der Waals surface area (Å²) in [5.74, 6) is 0. The monoisotopic (exact) mass is 368 g/mol. The van der Waals surface area contributed by atoms with Gasteiger partial charge in [-0.05, 0) is 19.1 Å². The molecule has 3 aromatic rings. The van der Waals surface area contributed by atoms with E-state index < -0.39 is 0 Å². The first-order valence-electron chi connectivity index (χ1n) is 8.38. The van der Waals surface area contributed by atoms with Gasteiger partial charge in [-0.25, -0.2) is 9.98 Å². The van der Waals surface area contributed by atoms with E-state index in [2.05, 4.69) is 14.9 Å². The zero-order valence-corrected chi connectivity index (χ0v) is 16.0. The zero-order valence-electron chi connectivity index (χ0n) is 15.2. The average Bonchev–Trinajstić information content (AvgIpc) is 3.01. The van der Waals surface area contributed by atoms with Crippen LogP contribution in [0.2, 0.25) is 0 Å². The molecule has 26 heavy (non-hydrogen) atoms. The van der Waals surface area contributed by atoms with Crippen molar-refractivity contribution in [2.24, 2.45) is 4.99 Å². The smallest absolute Gasteiger partial charge is 0.275 e. The van der Waals surface area contributed by atoms with Crippen LogP contribution >= 0.6 is 11.3 Å². The summed E-state index contributed by atoms with van der Waals surface area (Å²) in [6.45, 7) is 2.02. The van der Waals surface area contributed by atoms with Gasteiger partial charge in [0.15, 0.2) is 6.23 Å². The van der Waals surface area contributed by atoms with Gasteiger partial charge in [0.1, 0.15) is 15.7 Å². The number of thiophene rings is 1. The first-order valence-corrected chi connectivity index (χ1v) is 9.19. The summed E-state index contributed by atoms with van der Waals surface area (Å²) in [6, 6.07) is 7.84. The summed E-state index contributed by atoms with van der Waals surface area (Å²) in [6.07, 6.45) is 2.05. The minimum atomic E-state index is -0.229. The van der Waals surface area contributed by atoms with Gasteiger partial charge in [-0.2, -0.15) is 0 Å². The lowest BCUT2D eigenvalue weighted by atomic mass is 10.1. The van der Waals surface area contributed by atoms with Gasteiger partial charge >= 0.3 is 0 Å². The molecule has 2 aromatic heterocycles. The normalized spacial score (nSPS) is 16.5. The maximum Gasteiger partial charge on any atom is 0.275 e. The highest BCUT2D eigenvalue weighted by Gasteiger charge is 2.22. The predicted octanol–water partition coefficient (Wildman–Crippen LogP) is 1.42. The average molecular weight is 368 g/mol. The molecule has 134 valence electrons. The third-order valence-corrected chi connectivity index (χ3v) is 5.70. The molecule has 1 aliphatic rings. The largest absolute Gasteiger partial charge is 0.380 e. The number of aryl methyl sites for hydroxylation is 1. The minimum absolute atomic E-state index is 0.0690. The first-order chi connectivity index (χ1) is 12.5. The van der Waals surface area contributed by atoms with E-state index in [-0.39, 0.29) is 11.8 Å². The van der Waals surface area contributed by atoms with Gasteiger partial charge in [0, 0.05) is 33.3 Å². The Morgan fingerprint density at radius 3 is 2.65 bits per heavy atom. The van der Waals surface area contributed by atoms with Gasteiger partial charge in [-0.1, -0.05) is 17.7 Å². The fourth-order valence-corrected chi connectivity index (χ4v) is 4.30. The maximum absolute atomic E-state index is 13.1. The number of ether oxygens (including phenoxy) is 1. The van der Waals surface area contributed by atoms with Gasteiger partial charge in [-0.15, -0.1) is 11.3 Å². The molecule has 0 fully saturated rings. The molecule has 0 spiro atoms. The summed E-state index contributed by atoms with van der Waals surface area (Å²) >= 11 is 1.39. The molecule has 0 N–H and O–H groups in total. The topological polar surface area (TPSA) is 59.7 Å². The van der Waals surface area contributed by atoms with E-state index in [0.29, 0.717) is 11.1 Å². The fourth-order valence-electron chi connectivity index (χ4n) is 3.18. The molecule has 4 rings (SSSR count). The molecule has 0 aliphatic carbocycles. The lowest BCUT2D eigenvalue weighted by Gasteiger charge is -2.22. The number of hydrogen-bond donors (Lipinski definition) is 0. The Kier molecular flexibility index (Phi) is 4.13. The van der Waals surface area contributed by atoms with E-state index >= 15 is 0 Å². The van der Waals surface area contributed by atoms with Crippen LogP contribution in [-0.4, -0.2) is 41.9 Å². The molecule has 1 atom stereocenters. The summed E-state index contributed by atoms with van der Waals surface area (Å²) in [5.41, 5.74) is 3.70. The minimum Gasteiger partial charge on any atom is -0.380 e. The number of rotatable bonds is 3. The Balaban J connectivity index is 2.03. The number of benzene rings is 1. The second-order valence-corrected chi connectivity index (χ2v) is 7.58. The molecule has 0 saturated heterocycles. The van der Waals surface area contributed by atoms with Crippen molar-refractivity contribution in [1.29, 1.82) is 0 Å². The van der Waals surface area contributed by atoms with Crippen molar-refractivity contribution in [3.63, 3.8) is 0 Å². The maximum atomic E-state index is 13.1. The molecule has 1 unspecified atom stereocenters. The third kappa shape index (κ3) is 2.64. The number of methoxy groups -OCH3 is 1. The lowest BCUT2D eigenvalue weighted by Crippen LogP contribution is -2.36. The highest BCUT2D eigenvalue weighted by molar-refractivity contribution is 7.16. The third-order valence-electron chi connectivity index (χ3n) is 4.62. The van der Waals surface area contributed by atoms with Crippen molar-refractivity contribution in [2.45, 2.75) is 19.6 Å². The molecule has 1 aliphatic heterocycles. The van der Waals surface area contributed by atoms with Gasteiger partial charge in [0.2, 0.25) is 0 Å². The Bertz CT molecular complexity index is 1160. The first kappa shape index (κ1) is 16.9. The van der Waals surface area contributed by atoms with Gasteiger partial charge < -0.3 is 9.64 Å². The Hall–Kier alpha value is -2.51. The molecule has 0 saturated carbocycles. The van der Waals surface area contributed by atoms with E-state index in [1.165, 1.54) is 11.3 Å². The van der Waals surface area contributed by atoms with Gasteiger partial charge in [0.25, 0.3) is 5.56 Å². The number of fused-ring (bicyclic) bond motifs is 3. The van der Waals surface area contributed by atoms with Crippen LogP contribution in [0.3, 0.4) is 0 Å². The summed E-state index contributed by atoms with van der Waals surface area (Å²) in [4.78, 5) is 24.4. The quantitative estimate of drug-likeness (QED) is 0.702. The number of aromatic nitrogens is 2. The van der Waals surface area contributed by atoms with Crippen molar-refractivity contribution < 1.29 is 4.74 Å². The van der Waals surface area contributed by atoms with Crippen molar-refractivity contribution in [3.8, 4) is 5.69 Å². The molecule has 0 bridgehead atoms. The molecule has 0 amide bonds. The second-order valence-electron chi connectivity index (χ2n) is 6.58. The van der Waals surface area contributed by atoms with Crippen molar-refractivity contribution in [2.75, 3.05) is 21.2 Å². The Morgan fingerprint density at radius 2 is 2.00 bits per heavy atom. The summed E-state index contributed by atoms with van der Waals surface area (Å²) in [7, 11) is 5.64. The van der Waals surface area contributed by atoms with Crippen LogP contribution in [0.15, 0.2) is 40.4 Å². The highest BCUT2D eigenvalue weighted by Crippen LogP contribution is 2.18. The standard InChI is InChI=1S/C19H20N4O2S/c1-11-5-7-12(8-6-11)23-10-20-16-15-13(22(2)3)9-14(25-4)21-18(15)26-17(16)19(23)24/h5-8,10,14H,9H2,1-4H3. The van der Waals surface area contributed by atoms with Gasteiger partial charge in [0.05, 0.1) is 16.4 Å². The van der Waals surface area contributed by atoms with E-state index in [4.69, 9.17) is 4.74 Å². The van der Waals surface area contributed by atoms with Crippen LogP contribution in [0.4, 0.5) is 0 Å². The molecule has 6 nitrogen and oxygen atoms in total. The van der Waals surface area contributed by atoms with Crippen molar-refractivity contribution in [1.82, 2.24) is 14.5 Å². The fraction of sp³-hybridized carbons (Fsp3) is 0.316. The van der Waals surface area contributed by atoms with E-state index in [0.717, 1.165) is 32.4 Å². The molecule has 0 radical (unpaired) electrons. The lowest BCUT2D eigenvalue weighted by molar-refractivity contribution is 0.107. The summed E-state index contributed by atoms with van der Waals surface area (Å²) < 4.78 is 8.47. The molecule has 3 heterocycles. The molecule has 1 aromatic carbocycles. The molecular weight excluding hydrogens is 348 g/mol. The van der Waals surface area contributed by atoms with E-state index in [1.54, 1.807) is 18.0 Å². The molecular formula is C19H20N4O2S. The van der Waals surface area contributed by atoms with Crippen LogP contribution in [-0.2, 0) is 4.74 Å². The van der Waals surface area contributed by atoms with E-state index in [1.807, 2.05) is 45.3 Å². The SMILES string of the molecule is COC1CC(N(C)C)=c2c(sc3c(=O)n(-c4ccc(C)cc4)cnc23)=N1. The van der Waals surface area contributed by atoms with Crippen molar-refractivity contribution >= 4 is 27.3 Å². The predicted molar refractivity (Wildman–Crippen MR) is 103 cm³/mol. The number of nitrogens with zero attached hydrogens (tertiary/aromatic N) is 4. The highest BCUT2D eigenvalue weighted by atomic mass is 32.1. The van der Waals surface area contributed by atoms with Crippen molar-refractivity contribution in [3.05, 3.63) is 56.4 Å².